The second-order valence-corrected chi connectivity index (χ2v) is 5.92. The monoisotopic (exact) mass is 324 g/mol. The van der Waals surface area contributed by atoms with Crippen LogP contribution in [0.3, 0.4) is 0 Å². The zero-order chi connectivity index (χ0) is 16.0. The van der Waals surface area contributed by atoms with Crippen LogP contribution in [0, 0.1) is 0 Å². The number of anilines is 1. The van der Waals surface area contributed by atoms with Gasteiger partial charge in [-0.1, -0.05) is 6.07 Å². The molecule has 0 saturated heterocycles. The standard InChI is InChI=1S/C16H12N4O2S/c1-22-16(21)9-3-2-8-4-12(20-11(8)5-9)10-6-23-15-13(10)14(17)18-7-19-15/h2-7,20H,1H3,(H2,17,18,19). The fourth-order valence-electron chi connectivity index (χ4n) is 2.61. The van der Waals surface area contributed by atoms with E-state index in [1.165, 1.54) is 24.8 Å². The summed E-state index contributed by atoms with van der Waals surface area (Å²) >= 11 is 1.52. The zero-order valence-corrected chi connectivity index (χ0v) is 13.0. The smallest absolute Gasteiger partial charge is 0.337 e. The topological polar surface area (TPSA) is 93.9 Å². The summed E-state index contributed by atoms with van der Waals surface area (Å²) in [4.78, 5) is 24.1. The number of thiophene rings is 1. The van der Waals surface area contributed by atoms with Crippen LogP contribution in [0.15, 0.2) is 36.0 Å². The van der Waals surface area contributed by atoms with Crippen LogP contribution in [0.1, 0.15) is 10.4 Å². The zero-order valence-electron chi connectivity index (χ0n) is 12.2. The molecule has 3 N–H and O–H groups in total. The molecule has 0 saturated carbocycles. The van der Waals surface area contributed by atoms with Gasteiger partial charge in [-0.2, -0.15) is 0 Å². The van der Waals surface area contributed by atoms with E-state index in [9.17, 15) is 4.79 Å². The van der Waals surface area contributed by atoms with Gasteiger partial charge in [-0.05, 0) is 18.2 Å². The van der Waals surface area contributed by atoms with Gasteiger partial charge in [-0.15, -0.1) is 11.3 Å². The van der Waals surface area contributed by atoms with Crippen LogP contribution in [0.2, 0.25) is 0 Å². The maximum Gasteiger partial charge on any atom is 0.337 e. The van der Waals surface area contributed by atoms with E-state index in [0.717, 1.165) is 32.4 Å². The molecular weight excluding hydrogens is 312 g/mol. The van der Waals surface area contributed by atoms with Crippen LogP contribution in [0.4, 0.5) is 5.82 Å². The highest BCUT2D eigenvalue weighted by atomic mass is 32.1. The van der Waals surface area contributed by atoms with Gasteiger partial charge < -0.3 is 15.5 Å². The number of hydrogen-bond donors (Lipinski definition) is 2. The summed E-state index contributed by atoms with van der Waals surface area (Å²) in [6, 6.07) is 7.42. The fraction of sp³-hybridized carbons (Fsp3) is 0.0625. The summed E-state index contributed by atoms with van der Waals surface area (Å²) in [6.07, 6.45) is 1.46. The van der Waals surface area contributed by atoms with Crippen molar-refractivity contribution >= 4 is 44.2 Å². The molecule has 7 heteroatoms. The Bertz CT molecular complexity index is 1050. The third kappa shape index (κ3) is 2.13. The number of hydrogen-bond acceptors (Lipinski definition) is 6. The molecule has 0 bridgehead atoms. The molecule has 0 aliphatic carbocycles. The number of carbonyl (C=O) groups excluding carboxylic acids is 1. The molecule has 23 heavy (non-hydrogen) atoms. The molecule has 4 aromatic rings. The highest BCUT2D eigenvalue weighted by molar-refractivity contribution is 7.17. The summed E-state index contributed by atoms with van der Waals surface area (Å²) in [5, 5.41) is 3.85. The van der Waals surface area contributed by atoms with E-state index in [4.69, 9.17) is 10.5 Å². The number of carbonyl (C=O) groups is 1. The quantitative estimate of drug-likeness (QED) is 0.552. The summed E-state index contributed by atoms with van der Waals surface area (Å²) in [7, 11) is 1.37. The Balaban J connectivity index is 1.90. The van der Waals surface area contributed by atoms with E-state index in [-0.39, 0.29) is 5.97 Å². The summed E-state index contributed by atoms with van der Waals surface area (Å²) in [5.41, 5.74) is 9.23. The molecule has 0 spiro atoms. The summed E-state index contributed by atoms with van der Waals surface area (Å²) < 4.78 is 4.75. The molecule has 3 heterocycles. The van der Waals surface area contributed by atoms with Crippen molar-refractivity contribution in [3.8, 4) is 11.3 Å². The summed E-state index contributed by atoms with van der Waals surface area (Å²) in [5.74, 6) is 0.0989. The normalized spacial score (nSPS) is 11.2. The Kier molecular flexibility index (Phi) is 3.02. The third-order valence-corrected chi connectivity index (χ3v) is 4.62. The number of esters is 1. The molecule has 1 aromatic carbocycles. The Labute approximate surface area is 134 Å². The van der Waals surface area contributed by atoms with Crippen molar-refractivity contribution in [1.82, 2.24) is 15.0 Å². The van der Waals surface area contributed by atoms with E-state index < -0.39 is 0 Å². The molecule has 0 fully saturated rings. The van der Waals surface area contributed by atoms with Crippen LogP contribution < -0.4 is 5.73 Å². The van der Waals surface area contributed by atoms with Crippen LogP contribution in [0.25, 0.3) is 32.4 Å². The minimum atomic E-state index is -0.360. The van der Waals surface area contributed by atoms with Crippen LogP contribution in [-0.4, -0.2) is 28.0 Å². The molecule has 4 rings (SSSR count). The second kappa shape index (κ2) is 5.06. The van der Waals surface area contributed by atoms with E-state index >= 15 is 0 Å². The van der Waals surface area contributed by atoms with E-state index in [1.807, 2.05) is 17.5 Å². The first kappa shape index (κ1) is 13.7. The van der Waals surface area contributed by atoms with E-state index in [0.29, 0.717) is 11.4 Å². The molecule has 6 nitrogen and oxygen atoms in total. The third-order valence-electron chi connectivity index (χ3n) is 3.73. The number of nitrogen functional groups attached to an aromatic ring is 1. The number of rotatable bonds is 2. The molecule has 0 unspecified atom stereocenters. The van der Waals surface area contributed by atoms with Crippen LogP contribution in [0.5, 0.6) is 0 Å². The second-order valence-electron chi connectivity index (χ2n) is 5.07. The van der Waals surface area contributed by atoms with Crippen molar-refractivity contribution in [2.75, 3.05) is 12.8 Å². The first-order valence-corrected chi connectivity index (χ1v) is 7.74. The predicted octanol–water partition coefficient (Wildman–Crippen LogP) is 3.21. The number of aromatic amines is 1. The largest absolute Gasteiger partial charge is 0.465 e. The Morgan fingerprint density at radius 3 is 3.00 bits per heavy atom. The lowest BCUT2D eigenvalue weighted by Crippen LogP contribution is -2.00. The van der Waals surface area contributed by atoms with Gasteiger partial charge in [0.25, 0.3) is 0 Å². The van der Waals surface area contributed by atoms with E-state index in [1.54, 1.807) is 12.1 Å². The van der Waals surface area contributed by atoms with Gasteiger partial charge in [-0.25, -0.2) is 14.8 Å². The number of ether oxygens (including phenoxy) is 1. The van der Waals surface area contributed by atoms with Crippen molar-refractivity contribution in [1.29, 1.82) is 0 Å². The Hall–Kier alpha value is -2.93. The lowest BCUT2D eigenvalue weighted by molar-refractivity contribution is 0.0601. The van der Waals surface area contributed by atoms with Crippen LogP contribution >= 0.6 is 11.3 Å². The molecule has 0 aliphatic rings. The maximum absolute atomic E-state index is 11.6. The highest BCUT2D eigenvalue weighted by Gasteiger charge is 2.14. The van der Waals surface area contributed by atoms with Crippen molar-refractivity contribution in [2.45, 2.75) is 0 Å². The Morgan fingerprint density at radius 1 is 1.30 bits per heavy atom. The maximum atomic E-state index is 11.6. The number of fused-ring (bicyclic) bond motifs is 2. The van der Waals surface area contributed by atoms with Gasteiger partial charge in [0.05, 0.1) is 18.1 Å². The number of benzene rings is 1. The lowest BCUT2D eigenvalue weighted by atomic mass is 10.1. The highest BCUT2D eigenvalue weighted by Crippen LogP contribution is 2.36. The molecular formula is C16H12N4O2S. The molecule has 0 amide bonds. The molecule has 0 atom stereocenters. The van der Waals surface area contributed by atoms with Gasteiger partial charge in [0.2, 0.25) is 0 Å². The van der Waals surface area contributed by atoms with Crippen molar-refractivity contribution < 1.29 is 9.53 Å². The number of H-pyrrole nitrogens is 1. The number of methoxy groups -OCH3 is 1. The van der Waals surface area contributed by atoms with Gasteiger partial charge in [-0.3, -0.25) is 0 Å². The number of nitrogens with two attached hydrogens (primary N) is 1. The van der Waals surface area contributed by atoms with E-state index in [2.05, 4.69) is 15.0 Å². The van der Waals surface area contributed by atoms with Gasteiger partial charge in [0.1, 0.15) is 17.0 Å². The van der Waals surface area contributed by atoms with Crippen molar-refractivity contribution in [3.63, 3.8) is 0 Å². The molecule has 0 radical (unpaired) electrons. The first-order chi connectivity index (χ1) is 11.2. The number of nitrogens with one attached hydrogen (secondary N) is 1. The van der Waals surface area contributed by atoms with Crippen molar-refractivity contribution in [2.24, 2.45) is 0 Å². The molecule has 0 aliphatic heterocycles. The minimum absolute atomic E-state index is 0.360. The number of aromatic nitrogens is 3. The van der Waals surface area contributed by atoms with Gasteiger partial charge in [0.15, 0.2) is 0 Å². The summed E-state index contributed by atoms with van der Waals surface area (Å²) in [6.45, 7) is 0. The Morgan fingerprint density at radius 2 is 2.17 bits per heavy atom. The SMILES string of the molecule is COC(=O)c1ccc2cc(-c3csc4ncnc(N)c34)[nH]c2c1. The average Bonchev–Trinajstić information content (AvgIpc) is 3.17. The lowest BCUT2D eigenvalue weighted by Gasteiger charge is -1.99. The molecule has 3 aromatic heterocycles. The number of nitrogens with zero attached hydrogens (tertiary/aromatic N) is 2. The van der Waals surface area contributed by atoms with Crippen molar-refractivity contribution in [3.05, 3.63) is 41.5 Å². The average molecular weight is 324 g/mol. The minimum Gasteiger partial charge on any atom is -0.465 e. The van der Waals surface area contributed by atoms with Crippen LogP contribution in [-0.2, 0) is 4.74 Å². The predicted molar refractivity (Wildman–Crippen MR) is 90.5 cm³/mol. The fourth-order valence-corrected chi connectivity index (χ4v) is 3.53. The van der Waals surface area contributed by atoms with Gasteiger partial charge in [0, 0.05) is 27.5 Å². The molecule has 114 valence electrons. The van der Waals surface area contributed by atoms with Gasteiger partial charge >= 0.3 is 5.97 Å². The first-order valence-electron chi connectivity index (χ1n) is 6.86.